The van der Waals surface area contributed by atoms with Gasteiger partial charge in [0.2, 0.25) is 0 Å². The number of hydrogen-bond donors (Lipinski definition) is 1. The molecule has 2 rings (SSSR count). The number of pyridine rings is 1. The number of hydrogen-bond acceptors (Lipinski definition) is 4. The van der Waals surface area contributed by atoms with Gasteiger partial charge in [0.15, 0.2) is 11.4 Å². The lowest BCUT2D eigenvalue weighted by atomic mass is 10.2. The van der Waals surface area contributed by atoms with Crippen molar-refractivity contribution in [1.29, 1.82) is 5.26 Å². The lowest BCUT2D eigenvalue weighted by Gasteiger charge is -2.08. The fourth-order valence-corrected chi connectivity index (χ4v) is 1.17. The number of nitrogens with zero attached hydrogens (tertiary/aromatic N) is 2. The summed E-state index contributed by atoms with van der Waals surface area (Å²) >= 11 is 0. The predicted octanol–water partition coefficient (Wildman–Crippen LogP) is 1.19. The molecule has 1 fully saturated rings. The van der Waals surface area contributed by atoms with Gasteiger partial charge in [-0.3, -0.25) is 0 Å². The van der Waals surface area contributed by atoms with Crippen molar-refractivity contribution in [1.82, 2.24) is 4.98 Å². The summed E-state index contributed by atoms with van der Waals surface area (Å²) in [7, 11) is 0. The van der Waals surface area contributed by atoms with E-state index in [-0.39, 0.29) is 23.1 Å². The number of ether oxygens (including phenoxy) is 1. The zero-order valence-corrected chi connectivity index (χ0v) is 7.80. The Morgan fingerprint density at radius 2 is 2.40 bits per heavy atom. The highest BCUT2D eigenvalue weighted by atomic mass is 16.5. The molecule has 76 valence electrons. The standard InChI is InChI=1S/C10H8N2O3/c11-5-8-9(15-6-1-2-6)7(10(13)14)3-4-12-8/h3-4,6H,1-2H2,(H,13,14). The van der Waals surface area contributed by atoms with Crippen LogP contribution in [0.5, 0.6) is 5.75 Å². The van der Waals surface area contributed by atoms with Gasteiger partial charge in [0.1, 0.15) is 11.6 Å². The van der Waals surface area contributed by atoms with Gasteiger partial charge in [0.25, 0.3) is 0 Å². The smallest absolute Gasteiger partial charge is 0.339 e. The fraction of sp³-hybridized carbons (Fsp3) is 0.300. The molecule has 0 aliphatic heterocycles. The Morgan fingerprint density at radius 3 is 2.93 bits per heavy atom. The topological polar surface area (TPSA) is 83.2 Å². The quantitative estimate of drug-likeness (QED) is 0.799. The number of nitriles is 1. The highest BCUT2D eigenvalue weighted by Crippen LogP contribution is 2.30. The van der Waals surface area contributed by atoms with Crippen LogP contribution < -0.4 is 4.74 Å². The number of aromatic nitrogens is 1. The zero-order chi connectivity index (χ0) is 10.8. The average Bonchev–Trinajstić information content (AvgIpc) is 3.01. The molecule has 0 amide bonds. The molecule has 1 aromatic heterocycles. The van der Waals surface area contributed by atoms with Gasteiger partial charge in [-0.2, -0.15) is 5.26 Å². The number of carbonyl (C=O) groups is 1. The number of aromatic carboxylic acids is 1. The van der Waals surface area contributed by atoms with E-state index in [0.29, 0.717) is 0 Å². The van der Waals surface area contributed by atoms with Crippen molar-refractivity contribution in [2.75, 3.05) is 0 Å². The Hall–Kier alpha value is -2.09. The number of rotatable bonds is 3. The summed E-state index contributed by atoms with van der Waals surface area (Å²) in [5.41, 5.74) is 0.0234. The van der Waals surface area contributed by atoms with Crippen molar-refractivity contribution in [2.45, 2.75) is 18.9 Å². The Balaban J connectivity index is 2.44. The van der Waals surface area contributed by atoms with Crippen molar-refractivity contribution >= 4 is 5.97 Å². The van der Waals surface area contributed by atoms with Crippen molar-refractivity contribution in [3.05, 3.63) is 23.5 Å². The molecule has 0 aromatic carbocycles. The molecule has 0 spiro atoms. The molecule has 15 heavy (non-hydrogen) atoms. The van der Waals surface area contributed by atoms with E-state index < -0.39 is 5.97 Å². The van der Waals surface area contributed by atoms with Gasteiger partial charge in [-0.05, 0) is 18.9 Å². The minimum atomic E-state index is -1.11. The molecule has 0 saturated heterocycles. The summed E-state index contributed by atoms with van der Waals surface area (Å²) in [5, 5.41) is 17.7. The summed E-state index contributed by atoms with van der Waals surface area (Å²) in [5.74, 6) is -1.01. The van der Waals surface area contributed by atoms with E-state index in [1.54, 1.807) is 0 Å². The fourth-order valence-electron chi connectivity index (χ4n) is 1.17. The second-order valence-electron chi connectivity index (χ2n) is 3.27. The van der Waals surface area contributed by atoms with E-state index in [9.17, 15) is 4.79 Å². The van der Waals surface area contributed by atoms with Crippen LogP contribution in [0.1, 0.15) is 28.9 Å². The number of carboxylic acids is 1. The monoisotopic (exact) mass is 204 g/mol. The lowest BCUT2D eigenvalue weighted by molar-refractivity contribution is 0.0691. The summed E-state index contributed by atoms with van der Waals surface area (Å²) in [6.45, 7) is 0. The van der Waals surface area contributed by atoms with E-state index in [2.05, 4.69) is 4.98 Å². The van der Waals surface area contributed by atoms with Gasteiger partial charge < -0.3 is 9.84 Å². The summed E-state index contributed by atoms with van der Waals surface area (Å²) in [6, 6.07) is 3.16. The third kappa shape index (κ3) is 1.89. The van der Waals surface area contributed by atoms with Crippen LogP contribution in [-0.2, 0) is 0 Å². The van der Waals surface area contributed by atoms with Crippen molar-refractivity contribution in [2.24, 2.45) is 0 Å². The third-order valence-corrected chi connectivity index (χ3v) is 2.05. The second kappa shape index (κ2) is 3.58. The maximum Gasteiger partial charge on any atom is 0.339 e. The molecule has 0 atom stereocenters. The van der Waals surface area contributed by atoms with Gasteiger partial charge in [-0.25, -0.2) is 9.78 Å². The minimum absolute atomic E-state index is 0.00606. The Kier molecular flexibility index (Phi) is 2.26. The van der Waals surface area contributed by atoms with E-state index >= 15 is 0 Å². The van der Waals surface area contributed by atoms with Crippen LogP contribution in [0.2, 0.25) is 0 Å². The SMILES string of the molecule is N#Cc1nccc(C(=O)O)c1OC1CC1. The maximum absolute atomic E-state index is 10.9. The van der Waals surface area contributed by atoms with Crippen LogP contribution in [0, 0.1) is 11.3 Å². The summed E-state index contributed by atoms with van der Waals surface area (Å²) < 4.78 is 5.37. The Bertz CT molecular complexity index is 446. The molecule has 1 aliphatic carbocycles. The van der Waals surface area contributed by atoms with Gasteiger partial charge in [0, 0.05) is 6.20 Å². The first-order chi connectivity index (χ1) is 7.22. The molecule has 0 unspecified atom stereocenters. The van der Waals surface area contributed by atoms with Gasteiger partial charge >= 0.3 is 5.97 Å². The molecule has 0 radical (unpaired) electrons. The van der Waals surface area contributed by atoms with Crippen molar-refractivity contribution in [3.63, 3.8) is 0 Å². The summed E-state index contributed by atoms with van der Waals surface area (Å²) in [4.78, 5) is 14.6. The van der Waals surface area contributed by atoms with Crippen LogP contribution in [0.4, 0.5) is 0 Å². The molecule has 1 N–H and O–H groups in total. The first-order valence-corrected chi connectivity index (χ1v) is 4.51. The molecule has 1 aliphatic rings. The van der Waals surface area contributed by atoms with Crippen LogP contribution in [0.15, 0.2) is 12.3 Å². The van der Waals surface area contributed by atoms with Crippen LogP contribution in [-0.4, -0.2) is 22.2 Å². The Morgan fingerprint density at radius 1 is 1.67 bits per heavy atom. The van der Waals surface area contributed by atoms with Gasteiger partial charge in [-0.15, -0.1) is 0 Å². The minimum Gasteiger partial charge on any atom is -0.486 e. The van der Waals surface area contributed by atoms with Crippen molar-refractivity contribution < 1.29 is 14.6 Å². The molecule has 1 aromatic rings. The molecular formula is C10H8N2O3. The normalized spacial score (nSPS) is 14.3. The molecule has 1 saturated carbocycles. The van der Waals surface area contributed by atoms with E-state index in [1.165, 1.54) is 12.3 Å². The van der Waals surface area contributed by atoms with Gasteiger partial charge in [0.05, 0.1) is 6.10 Å². The molecule has 1 heterocycles. The molecule has 5 nitrogen and oxygen atoms in total. The maximum atomic E-state index is 10.9. The van der Waals surface area contributed by atoms with E-state index in [0.717, 1.165) is 12.8 Å². The van der Waals surface area contributed by atoms with E-state index in [4.69, 9.17) is 15.1 Å². The van der Waals surface area contributed by atoms with Crippen LogP contribution in [0.3, 0.4) is 0 Å². The number of carboxylic acid groups (broad SMARTS) is 1. The highest BCUT2D eigenvalue weighted by Gasteiger charge is 2.27. The molecule has 0 bridgehead atoms. The van der Waals surface area contributed by atoms with Crippen molar-refractivity contribution in [3.8, 4) is 11.8 Å². The average molecular weight is 204 g/mol. The third-order valence-electron chi connectivity index (χ3n) is 2.05. The Labute approximate surface area is 85.9 Å². The molecular weight excluding hydrogens is 196 g/mol. The van der Waals surface area contributed by atoms with Gasteiger partial charge in [-0.1, -0.05) is 0 Å². The van der Waals surface area contributed by atoms with Crippen LogP contribution in [0.25, 0.3) is 0 Å². The second-order valence-corrected chi connectivity index (χ2v) is 3.27. The van der Waals surface area contributed by atoms with Crippen LogP contribution >= 0.6 is 0 Å². The highest BCUT2D eigenvalue weighted by molar-refractivity contribution is 5.91. The largest absolute Gasteiger partial charge is 0.486 e. The predicted molar refractivity (Wildman–Crippen MR) is 49.6 cm³/mol. The lowest BCUT2D eigenvalue weighted by Crippen LogP contribution is -2.07. The first kappa shape index (κ1) is 9.46. The van der Waals surface area contributed by atoms with E-state index in [1.807, 2.05) is 6.07 Å². The first-order valence-electron chi connectivity index (χ1n) is 4.51. The molecule has 5 heteroatoms. The zero-order valence-electron chi connectivity index (χ0n) is 7.80. The summed E-state index contributed by atoms with van der Waals surface area (Å²) in [6.07, 6.45) is 3.14.